The predicted octanol–water partition coefficient (Wildman–Crippen LogP) is 16.3. The Balaban J connectivity index is 1.06. The van der Waals surface area contributed by atoms with E-state index in [0.29, 0.717) is 0 Å². The van der Waals surface area contributed by atoms with E-state index in [1.807, 2.05) is 0 Å². The summed E-state index contributed by atoms with van der Waals surface area (Å²) in [6, 6.07) is 82.5. The molecule has 0 bridgehead atoms. The first-order valence-corrected chi connectivity index (χ1v) is 21.4. The van der Waals surface area contributed by atoms with Crippen LogP contribution in [0.25, 0.3) is 109 Å². The van der Waals surface area contributed by atoms with Crippen molar-refractivity contribution in [1.82, 2.24) is 0 Å². The minimum Gasteiger partial charge on any atom is -0.0619 e. The second-order valence-electron chi connectivity index (χ2n) is 17.0. The molecule has 0 unspecified atom stereocenters. The fourth-order valence-corrected chi connectivity index (χ4v) is 11.8. The molecule has 14 rings (SSSR count). The van der Waals surface area contributed by atoms with Gasteiger partial charge in [-0.2, -0.15) is 0 Å². The Bertz CT molecular complexity index is 3780. The third-order valence-electron chi connectivity index (χ3n) is 14.2. The first-order valence-electron chi connectivity index (χ1n) is 21.4. The molecule has 61 heavy (non-hydrogen) atoms. The van der Waals surface area contributed by atoms with Gasteiger partial charge >= 0.3 is 0 Å². The van der Waals surface area contributed by atoms with Crippen molar-refractivity contribution in [1.29, 1.82) is 0 Å². The average molecular weight is 769 g/mol. The highest BCUT2D eigenvalue weighted by molar-refractivity contribution is 6.26. The van der Waals surface area contributed by atoms with Gasteiger partial charge in [-0.1, -0.05) is 194 Å². The zero-order valence-electron chi connectivity index (χ0n) is 33.3. The van der Waals surface area contributed by atoms with Crippen LogP contribution in [0.15, 0.2) is 218 Å². The maximum Gasteiger partial charge on any atom is 0.0731 e. The predicted molar refractivity (Wildman–Crippen MR) is 259 cm³/mol. The third-order valence-corrected chi connectivity index (χ3v) is 14.2. The van der Waals surface area contributed by atoms with E-state index in [2.05, 4.69) is 218 Å². The molecule has 0 aliphatic heterocycles. The highest BCUT2D eigenvalue weighted by Crippen LogP contribution is 2.64. The van der Waals surface area contributed by atoms with Gasteiger partial charge < -0.3 is 0 Å². The molecule has 0 aromatic heterocycles. The van der Waals surface area contributed by atoms with Crippen molar-refractivity contribution in [2.75, 3.05) is 0 Å². The first-order chi connectivity index (χ1) is 30.3. The molecule has 0 N–H and O–H groups in total. The van der Waals surface area contributed by atoms with Crippen molar-refractivity contribution in [3.63, 3.8) is 0 Å². The van der Waals surface area contributed by atoms with Crippen LogP contribution in [0, 0.1) is 0 Å². The Labute approximate surface area is 353 Å². The van der Waals surface area contributed by atoms with E-state index in [4.69, 9.17) is 0 Å². The van der Waals surface area contributed by atoms with Crippen LogP contribution in [0.2, 0.25) is 0 Å². The van der Waals surface area contributed by atoms with Gasteiger partial charge in [-0.15, -0.1) is 0 Å². The summed E-state index contributed by atoms with van der Waals surface area (Å²) in [6.45, 7) is 0. The van der Waals surface area contributed by atoms with E-state index in [9.17, 15) is 0 Å². The van der Waals surface area contributed by atoms with Crippen LogP contribution < -0.4 is 0 Å². The third kappa shape index (κ3) is 4.29. The SMILES string of the molecule is c1ccc2c(c1)-c1ccccc1C21c2cc3ccccc3cc2-c2ccc3cc(-c4c5ccccc5c(-c5cc6ccccc6c6ccccc56)c5ccccc45)ccc3c21. The minimum absolute atomic E-state index is 0.438. The molecule has 0 radical (unpaired) electrons. The van der Waals surface area contributed by atoms with Gasteiger partial charge in [0.15, 0.2) is 0 Å². The van der Waals surface area contributed by atoms with Crippen LogP contribution in [-0.4, -0.2) is 0 Å². The maximum absolute atomic E-state index is 2.49. The molecule has 0 heterocycles. The largest absolute Gasteiger partial charge is 0.0731 e. The summed E-state index contributed by atoms with van der Waals surface area (Å²) in [5.74, 6) is 0. The lowest BCUT2D eigenvalue weighted by Gasteiger charge is -2.31. The van der Waals surface area contributed by atoms with Gasteiger partial charge in [0.2, 0.25) is 0 Å². The molecule has 2 aliphatic rings. The Morgan fingerprint density at radius 1 is 0.230 bits per heavy atom. The molecule has 0 nitrogen and oxygen atoms in total. The van der Waals surface area contributed by atoms with Gasteiger partial charge in [-0.25, -0.2) is 0 Å². The van der Waals surface area contributed by atoms with E-state index in [1.165, 1.54) is 131 Å². The number of fused-ring (bicyclic) bond motifs is 18. The zero-order valence-corrected chi connectivity index (χ0v) is 33.3. The van der Waals surface area contributed by atoms with Crippen molar-refractivity contribution in [2.45, 2.75) is 5.41 Å². The fraction of sp³-hybridized carbons (Fsp3) is 0.0164. The van der Waals surface area contributed by atoms with Gasteiger partial charge in [-0.3, -0.25) is 0 Å². The molecule has 0 saturated carbocycles. The summed E-state index contributed by atoms with van der Waals surface area (Å²) in [7, 11) is 0. The summed E-state index contributed by atoms with van der Waals surface area (Å²) in [6.07, 6.45) is 0. The quantitative estimate of drug-likeness (QED) is 0.121. The van der Waals surface area contributed by atoms with Crippen LogP contribution in [0.4, 0.5) is 0 Å². The first kappa shape index (κ1) is 33.1. The molecule has 2 aliphatic carbocycles. The van der Waals surface area contributed by atoms with E-state index >= 15 is 0 Å². The van der Waals surface area contributed by atoms with Crippen LogP contribution in [0.1, 0.15) is 22.3 Å². The summed E-state index contributed by atoms with van der Waals surface area (Å²) in [4.78, 5) is 0. The van der Waals surface area contributed by atoms with Crippen molar-refractivity contribution >= 4 is 64.6 Å². The van der Waals surface area contributed by atoms with Gasteiger partial charge in [-0.05, 0) is 156 Å². The summed E-state index contributed by atoms with van der Waals surface area (Å²) < 4.78 is 0. The molecular formula is C61H36. The normalized spacial score (nSPS) is 13.4. The van der Waals surface area contributed by atoms with E-state index in [-0.39, 0.29) is 0 Å². The number of hydrogen-bond acceptors (Lipinski definition) is 0. The molecule has 1 spiro atoms. The second-order valence-corrected chi connectivity index (χ2v) is 17.0. The summed E-state index contributed by atoms with van der Waals surface area (Å²) in [5, 5.41) is 15.3. The van der Waals surface area contributed by atoms with Gasteiger partial charge in [0.05, 0.1) is 5.41 Å². The van der Waals surface area contributed by atoms with Crippen LogP contribution in [-0.2, 0) is 5.41 Å². The van der Waals surface area contributed by atoms with Crippen molar-refractivity contribution in [2.24, 2.45) is 0 Å². The number of hydrogen-bond donors (Lipinski definition) is 0. The summed E-state index contributed by atoms with van der Waals surface area (Å²) >= 11 is 0. The number of benzene rings is 12. The molecule has 0 saturated heterocycles. The standard InChI is InChI=1S/C61H36/c1-2-16-38-36-57-53(34-37(38)15-1)52-32-29-40-33-41(30-31-43(40)60(52)61(57)55-27-13-11-21-46(55)47-22-12-14-28-56(47)61)58-48-23-7-9-25-50(48)59(51-26-10-8-24-49(51)58)54-35-39-17-3-4-18-42(39)44-19-5-6-20-45(44)54/h1-36H. The molecule has 0 fully saturated rings. The van der Waals surface area contributed by atoms with Gasteiger partial charge in [0, 0.05) is 0 Å². The molecule has 12 aromatic carbocycles. The maximum atomic E-state index is 2.49. The summed E-state index contributed by atoms with van der Waals surface area (Å²) in [5.41, 5.74) is 15.5. The molecule has 12 aromatic rings. The highest BCUT2D eigenvalue weighted by Gasteiger charge is 2.52. The lowest BCUT2D eigenvalue weighted by atomic mass is 9.69. The topological polar surface area (TPSA) is 0 Å². The fourth-order valence-electron chi connectivity index (χ4n) is 11.8. The minimum atomic E-state index is -0.438. The smallest absolute Gasteiger partial charge is 0.0619 e. The van der Waals surface area contributed by atoms with Crippen LogP contribution in [0.5, 0.6) is 0 Å². The Kier molecular flexibility index (Phi) is 6.58. The molecule has 0 atom stereocenters. The van der Waals surface area contributed by atoms with Crippen LogP contribution in [0.3, 0.4) is 0 Å². The molecular weight excluding hydrogens is 733 g/mol. The zero-order chi connectivity index (χ0) is 39.8. The Hall–Kier alpha value is -7.80. The lowest BCUT2D eigenvalue weighted by molar-refractivity contribution is 0.802. The Morgan fingerprint density at radius 3 is 1.39 bits per heavy atom. The van der Waals surface area contributed by atoms with E-state index < -0.39 is 5.41 Å². The lowest BCUT2D eigenvalue weighted by Crippen LogP contribution is -2.26. The molecule has 0 heteroatoms. The highest BCUT2D eigenvalue weighted by atomic mass is 14.5. The van der Waals surface area contributed by atoms with Crippen molar-refractivity contribution < 1.29 is 0 Å². The Morgan fingerprint density at radius 2 is 0.721 bits per heavy atom. The van der Waals surface area contributed by atoms with Crippen LogP contribution >= 0.6 is 0 Å². The van der Waals surface area contributed by atoms with E-state index in [0.717, 1.165) is 0 Å². The monoisotopic (exact) mass is 768 g/mol. The van der Waals surface area contributed by atoms with E-state index in [1.54, 1.807) is 0 Å². The number of rotatable bonds is 2. The molecule has 280 valence electrons. The second kappa shape index (κ2) is 12.1. The van der Waals surface area contributed by atoms with Crippen molar-refractivity contribution in [3.05, 3.63) is 241 Å². The van der Waals surface area contributed by atoms with Gasteiger partial charge in [0.25, 0.3) is 0 Å². The van der Waals surface area contributed by atoms with Gasteiger partial charge in [0.1, 0.15) is 0 Å². The van der Waals surface area contributed by atoms with Crippen molar-refractivity contribution in [3.8, 4) is 44.5 Å². The molecule has 0 amide bonds. The average Bonchev–Trinajstić information content (AvgIpc) is 3.79.